The minimum absolute atomic E-state index is 0.0174. The van der Waals surface area contributed by atoms with E-state index in [9.17, 15) is 18.0 Å². The van der Waals surface area contributed by atoms with Crippen molar-refractivity contribution in [1.82, 2.24) is 4.31 Å². The third-order valence-corrected chi connectivity index (χ3v) is 8.67. The van der Waals surface area contributed by atoms with E-state index in [1.807, 2.05) is 6.07 Å². The number of anilines is 3. The van der Waals surface area contributed by atoms with E-state index in [0.717, 1.165) is 30.5 Å². The molecule has 2 aromatic rings. The van der Waals surface area contributed by atoms with Gasteiger partial charge in [-0.2, -0.15) is 4.31 Å². The molecule has 2 amide bonds. The maximum Gasteiger partial charge on any atom is 0.257 e. The van der Waals surface area contributed by atoms with Crippen LogP contribution in [0.15, 0.2) is 41.3 Å². The van der Waals surface area contributed by atoms with Crippen LogP contribution in [0, 0.1) is 0 Å². The van der Waals surface area contributed by atoms with Crippen molar-refractivity contribution < 1.29 is 22.7 Å². The molecule has 9 nitrogen and oxygen atoms in total. The molecule has 0 saturated carbocycles. The fourth-order valence-electron chi connectivity index (χ4n) is 4.85. The summed E-state index contributed by atoms with van der Waals surface area (Å²) in [5.74, 6) is -0.391. The van der Waals surface area contributed by atoms with Gasteiger partial charge in [-0.3, -0.25) is 9.59 Å². The minimum atomic E-state index is -3.69. The minimum Gasteiger partial charge on any atom is -0.378 e. The molecule has 0 bridgehead atoms. The van der Waals surface area contributed by atoms with Gasteiger partial charge < -0.3 is 20.3 Å². The summed E-state index contributed by atoms with van der Waals surface area (Å²) in [5.41, 5.74) is 3.31. The summed E-state index contributed by atoms with van der Waals surface area (Å²) in [5, 5.41) is 5.78. The van der Waals surface area contributed by atoms with Gasteiger partial charge in [0.1, 0.15) is 0 Å². The molecule has 0 aromatic heterocycles. The monoisotopic (exact) mass is 498 g/mol. The molecule has 0 unspecified atom stereocenters. The second-order valence-corrected chi connectivity index (χ2v) is 11.1. The summed E-state index contributed by atoms with van der Waals surface area (Å²) in [6.07, 6.45) is 3.73. The lowest BCUT2D eigenvalue weighted by Gasteiger charge is -2.31. The number of aryl methyl sites for hydroxylation is 1. The molecular formula is C25H30N4O5S. The van der Waals surface area contributed by atoms with E-state index in [4.69, 9.17) is 4.74 Å². The van der Waals surface area contributed by atoms with E-state index in [2.05, 4.69) is 15.5 Å². The van der Waals surface area contributed by atoms with E-state index in [0.29, 0.717) is 69.2 Å². The van der Waals surface area contributed by atoms with Crippen molar-refractivity contribution in [3.63, 3.8) is 0 Å². The van der Waals surface area contributed by atoms with Crippen molar-refractivity contribution in [3.8, 4) is 0 Å². The Labute approximate surface area is 205 Å². The Hall–Kier alpha value is -2.95. The number of hydrogen-bond donors (Lipinski definition) is 2. The smallest absolute Gasteiger partial charge is 0.257 e. The number of morpholine rings is 1. The molecular weight excluding hydrogens is 468 g/mol. The van der Waals surface area contributed by atoms with Crippen LogP contribution in [0.5, 0.6) is 0 Å². The van der Waals surface area contributed by atoms with Crippen molar-refractivity contribution in [2.75, 3.05) is 54.9 Å². The van der Waals surface area contributed by atoms with E-state index in [1.54, 1.807) is 24.3 Å². The largest absolute Gasteiger partial charge is 0.378 e. The van der Waals surface area contributed by atoms with Crippen molar-refractivity contribution in [2.24, 2.45) is 0 Å². The van der Waals surface area contributed by atoms with Crippen LogP contribution in [-0.2, 0) is 26.0 Å². The molecule has 0 atom stereocenters. The quantitative estimate of drug-likeness (QED) is 0.656. The maximum absolute atomic E-state index is 13.5. The number of sulfonamides is 1. The van der Waals surface area contributed by atoms with Gasteiger partial charge in [-0.25, -0.2) is 8.42 Å². The summed E-state index contributed by atoms with van der Waals surface area (Å²) in [6, 6.07) is 10.2. The molecule has 186 valence electrons. The SMILES string of the molecule is O=C1CCc2cc(NC(=O)c3cc(S(=O)(=O)N4CCCCC4)ccc3N3CCOCC3)ccc2N1. The van der Waals surface area contributed by atoms with Crippen LogP contribution in [0.25, 0.3) is 0 Å². The summed E-state index contributed by atoms with van der Waals surface area (Å²) in [6.45, 7) is 3.34. The molecule has 3 heterocycles. The van der Waals surface area contributed by atoms with Gasteiger partial charge >= 0.3 is 0 Å². The van der Waals surface area contributed by atoms with Gasteiger partial charge in [0, 0.05) is 49.7 Å². The number of nitrogens with zero attached hydrogens (tertiary/aromatic N) is 2. The first-order valence-corrected chi connectivity index (χ1v) is 13.6. The lowest BCUT2D eigenvalue weighted by atomic mass is 10.0. The van der Waals surface area contributed by atoms with E-state index < -0.39 is 10.0 Å². The van der Waals surface area contributed by atoms with Crippen LogP contribution in [0.3, 0.4) is 0 Å². The highest BCUT2D eigenvalue weighted by Gasteiger charge is 2.29. The first-order valence-electron chi connectivity index (χ1n) is 12.1. The second kappa shape index (κ2) is 9.96. The molecule has 5 rings (SSSR count). The summed E-state index contributed by atoms with van der Waals surface area (Å²) in [4.78, 5) is 27.3. The Kier molecular flexibility index (Phi) is 6.77. The van der Waals surface area contributed by atoms with Crippen LogP contribution in [0.4, 0.5) is 17.1 Å². The Morgan fingerprint density at radius 1 is 0.943 bits per heavy atom. The average Bonchev–Trinajstić information content (AvgIpc) is 2.89. The maximum atomic E-state index is 13.5. The molecule has 2 N–H and O–H groups in total. The Balaban J connectivity index is 1.46. The number of ether oxygens (including phenoxy) is 1. The van der Waals surface area contributed by atoms with E-state index in [-0.39, 0.29) is 16.7 Å². The lowest BCUT2D eigenvalue weighted by Crippen LogP contribution is -2.38. The van der Waals surface area contributed by atoms with Gasteiger partial charge in [-0.05, 0) is 61.2 Å². The number of carbonyl (C=O) groups excluding carboxylic acids is 2. The summed E-state index contributed by atoms with van der Waals surface area (Å²) >= 11 is 0. The number of nitrogens with one attached hydrogen (secondary N) is 2. The van der Waals surface area contributed by atoms with Crippen LogP contribution >= 0.6 is 0 Å². The van der Waals surface area contributed by atoms with E-state index in [1.165, 1.54) is 10.4 Å². The number of rotatable bonds is 5. The molecule has 3 aliphatic heterocycles. The first-order chi connectivity index (χ1) is 16.9. The summed E-state index contributed by atoms with van der Waals surface area (Å²) in [7, 11) is -3.69. The number of piperidine rings is 1. The third kappa shape index (κ3) is 5.05. The molecule has 2 fully saturated rings. The molecule has 0 spiro atoms. The van der Waals surface area contributed by atoms with Crippen molar-refractivity contribution in [1.29, 1.82) is 0 Å². The topological polar surface area (TPSA) is 108 Å². The predicted octanol–water partition coefficient (Wildman–Crippen LogP) is 2.83. The van der Waals surface area contributed by atoms with Gasteiger partial charge in [0.05, 0.1) is 23.7 Å². The van der Waals surface area contributed by atoms with Gasteiger partial charge in [-0.15, -0.1) is 0 Å². The van der Waals surface area contributed by atoms with Gasteiger partial charge in [0.2, 0.25) is 15.9 Å². The fourth-order valence-corrected chi connectivity index (χ4v) is 6.40. The van der Waals surface area contributed by atoms with Crippen molar-refractivity contribution in [2.45, 2.75) is 37.0 Å². The predicted molar refractivity (Wildman–Crippen MR) is 133 cm³/mol. The van der Waals surface area contributed by atoms with Gasteiger partial charge in [0.25, 0.3) is 5.91 Å². The van der Waals surface area contributed by atoms with E-state index >= 15 is 0 Å². The van der Waals surface area contributed by atoms with Crippen LogP contribution in [-0.4, -0.2) is 63.9 Å². The highest BCUT2D eigenvalue weighted by atomic mass is 32.2. The molecule has 35 heavy (non-hydrogen) atoms. The molecule has 0 aliphatic carbocycles. The Morgan fingerprint density at radius 2 is 1.71 bits per heavy atom. The highest BCUT2D eigenvalue weighted by molar-refractivity contribution is 7.89. The number of benzene rings is 2. The van der Waals surface area contributed by atoms with Crippen LogP contribution in [0.1, 0.15) is 41.6 Å². The van der Waals surface area contributed by atoms with Crippen LogP contribution in [0.2, 0.25) is 0 Å². The molecule has 3 aliphatic rings. The second-order valence-electron chi connectivity index (χ2n) is 9.12. The standard InChI is InChI=1S/C25H30N4O5S/c30-24-9-4-18-16-19(5-7-22(18)27-24)26-25(31)21-17-20(35(32,33)29-10-2-1-3-11-29)6-8-23(21)28-12-14-34-15-13-28/h5-8,16-17H,1-4,9-15H2,(H,26,31)(H,27,30). The zero-order valence-electron chi connectivity index (χ0n) is 19.6. The highest BCUT2D eigenvalue weighted by Crippen LogP contribution is 2.30. The van der Waals surface area contributed by atoms with Crippen LogP contribution < -0.4 is 15.5 Å². The van der Waals surface area contributed by atoms with Gasteiger partial charge in [0.15, 0.2) is 0 Å². The number of hydrogen-bond acceptors (Lipinski definition) is 6. The Morgan fingerprint density at radius 3 is 2.49 bits per heavy atom. The molecule has 0 radical (unpaired) electrons. The van der Waals surface area contributed by atoms with Gasteiger partial charge in [-0.1, -0.05) is 6.42 Å². The molecule has 2 aromatic carbocycles. The fraction of sp³-hybridized carbons (Fsp3) is 0.440. The first kappa shape index (κ1) is 23.8. The number of carbonyl (C=O) groups is 2. The zero-order chi connectivity index (χ0) is 24.4. The average molecular weight is 499 g/mol. The molecule has 10 heteroatoms. The lowest BCUT2D eigenvalue weighted by molar-refractivity contribution is -0.116. The Bertz CT molecular complexity index is 1230. The molecule has 2 saturated heterocycles. The number of amides is 2. The zero-order valence-corrected chi connectivity index (χ0v) is 20.4. The normalized spacial score (nSPS) is 19.1. The van der Waals surface area contributed by atoms with Crippen molar-refractivity contribution >= 4 is 38.9 Å². The van der Waals surface area contributed by atoms with Crippen molar-refractivity contribution in [3.05, 3.63) is 47.5 Å². The summed E-state index contributed by atoms with van der Waals surface area (Å²) < 4.78 is 33.6. The number of fused-ring (bicyclic) bond motifs is 1. The third-order valence-electron chi connectivity index (χ3n) is 6.78.